The molecule has 0 aromatic carbocycles. The van der Waals surface area contributed by atoms with E-state index < -0.39 is 16.3 Å². The second-order valence-corrected chi connectivity index (χ2v) is 4.87. The molecule has 0 spiro atoms. The largest absolute Gasteiger partial charge is 0.449 e. The summed E-state index contributed by atoms with van der Waals surface area (Å²) in [6.45, 7) is 3.66. The third kappa shape index (κ3) is 5.82. The molecule has 1 aliphatic heterocycles. The van der Waals surface area contributed by atoms with E-state index in [4.69, 9.17) is 4.74 Å². The van der Waals surface area contributed by atoms with Crippen molar-refractivity contribution in [3.05, 3.63) is 0 Å². The lowest BCUT2D eigenvalue weighted by atomic mass is 10.3. The number of hydrogen-bond donors (Lipinski definition) is 3. The second-order valence-electron chi connectivity index (χ2n) is 3.37. The highest BCUT2D eigenvalue weighted by molar-refractivity contribution is 7.88. The van der Waals surface area contributed by atoms with Gasteiger partial charge >= 0.3 is 16.3 Å². The topological polar surface area (TPSA) is 106 Å². The zero-order valence-electron chi connectivity index (χ0n) is 9.56. The molecule has 1 heterocycles. The van der Waals surface area contributed by atoms with Crippen LogP contribution in [0.2, 0.25) is 0 Å². The maximum atomic E-state index is 11.4. The molecule has 1 fully saturated rings. The Hall–Kier alpha value is -0.900. The molecule has 1 amide bonds. The minimum Gasteiger partial charge on any atom is -0.449 e. The fourth-order valence-corrected chi connectivity index (χ4v) is 2.02. The van der Waals surface area contributed by atoms with Gasteiger partial charge in [0.2, 0.25) is 0 Å². The number of nitrogens with one attached hydrogen (secondary N) is 3. The quantitative estimate of drug-likeness (QED) is 0.563. The predicted octanol–water partition coefficient (Wildman–Crippen LogP) is -1.44. The smallest absolute Gasteiger partial charge is 0.421 e. The molecule has 1 unspecified atom stereocenters. The molecule has 9 heteroatoms. The maximum Gasteiger partial charge on any atom is 0.421 e. The summed E-state index contributed by atoms with van der Waals surface area (Å²) < 4.78 is 36.4. The highest BCUT2D eigenvalue weighted by atomic mass is 32.2. The molecule has 1 atom stereocenters. The van der Waals surface area contributed by atoms with Crippen LogP contribution in [0, 0.1) is 0 Å². The lowest BCUT2D eigenvalue weighted by Crippen LogP contribution is -2.48. The van der Waals surface area contributed by atoms with Crippen molar-refractivity contribution in [2.45, 2.75) is 13.0 Å². The molecule has 3 N–H and O–H groups in total. The maximum absolute atomic E-state index is 11.4. The van der Waals surface area contributed by atoms with Gasteiger partial charge in [-0.15, -0.1) is 0 Å². The number of ether oxygens (including phenoxy) is 2. The molecule has 17 heavy (non-hydrogen) atoms. The Morgan fingerprint density at radius 2 is 2.35 bits per heavy atom. The van der Waals surface area contributed by atoms with Gasteiger partial charge in [0.1, 0.15) is 0 Å². The number of rotatable bonds is 5. The van der Waals surface area contributed by atoms with Crippen molar-refractivity contribution >= 4 is 16.3 Å². The Morgan fingerprint density at radius 3 is 2.94 bits per heavy atom. The molecule has 0 radical (unpaired) electrons. The Morgan fingerprint density at radius 1 is 1.59 bits per heavy atom. The normalized spacial score (nSPS) is 20.9. The zero-order valence-corrected chi connectivity index (χ0v) is 10.4. The molecule has 8 nitrogen and oxygen atoms in total. The second kappa shape index (κ2) is 6.74. The van der Waals surface area contributed by atoms with E-state index in [1.54, 1.807) is 11.6 Å². The molecule has 0 saturated carbocycles. The summed E-state index contributed by atoms with van der Waals surface area (Å²) in [6.07, 6.45) is -1.23. The lowest BCUT2D eigenvalue weighted by molar-refractivity contribution is 0.0323. The number of amides is 1. The molecule has 1 aliphatic rings. The van der Waals surface area contributed by atoms with Gasteiger partial charge in [0.05, 0.1) is 19.3 Å². The van der Waals surface area contributed by atoms with E-state index in [0.717, 1.165) is 6.54 Å². The number of morpholine rings is 1. The third-order valence-electron chi connectivity index (χ3n) is 2.00. The standard InChI is InChI=1S/C8H17N3O5S/c1-2-15-8(12)11-17(13,14)10-6-7-5-9-3-4-16-7/h7,9-10H,2-6H2,1H3,(H,11,12). The molecule has 1 rings (SSSR count). The van der Waals surface area contributed by atoms with Crippen molar-refractivity contribution in [2.75, 3.05) is 32.8 Å². The van der Waals surface area contributed by atoms with Crippen molar-refractivity contribution in [1.82, 2.24) is 14.8 Å². The molecule has 0 aromatic heterocycles. The van der Waals surface area contributed by atoms with Crippen molar-refractivity contribution in [2.24, 2.45) is 0 Å². The summed E-state index contributed by atoms with van der Waals surface area (Å²) in [6, 6.07) is 0. The first kappa shape index (κ1) is 14.2. The Balaban J connectivity index is 2.30. The van der Waals surface area contributed by atoms with Crippen LogP contribution in [0.3, 0.4) is 0 Å². The highest BCUT2D eigenvalue weighted by Crippen LogP contribution is 1.94. The number of carbonyl (C=O) groups is 1. The van der Waals surface area contributed by atoms with Gasteiger partial charge in [-0.05, 0) is 6.92 Å². The van der Waals surface area contributed by atoms with Crippen LogP contribution < -0.4 is 14.8 Å². The van der Waals surface area contributed by atoms with Crippen molar-refractivity contribution in [1.29, 1.82) is 0 Å². The summed E-state index contributed by atoms with van der Waals surface area (Å²) in [5.74, 6) is 0. The van der Waals surface area contributed by atoms with Crippen LogP contribution in [0.1, 0.15) is 6.92 Å². The Kier molecular flexibility index (Phi) is 5.62. The van der Waals surface area contributed by atoms with Gasteiger partial charge < -0.3 is 14.8 Å². The van der Waals surface area contributed by atoms with Gasteiger partial charge in [0.25, 0.3) is 0 Å². The lowest BCUT2D eigenvalue weighted by Gasteiger charge is -2.23. The minimum absolute atomic E-state index is 0.0989. The van der Waals surface area contributed by atoms with E-state index in [-0.39, 0.29) is 19.3 Å². The molecule has 1 saturated heterocycles. The van der Waals surface area contributed by atoms with Crippen LogP contribution in [0.25, 0.3) is 0 Å². The van der Waals surface area contributed by atoms with Crippen LogP contribution in [0.15, 0.2) is 0 Å². The van der Waals surface area contributed by atoms with Gasteiger partial charge in [-0.1, -0.05) is 0 Å². The van der Waals surface area contributed by atoms with Crippen LogP contribution in [-0.4, -0.2) is 53.5 Å². The summed E-state index contributed by atoms with van der Waals surface area (Å²) in [4.78, 5) is 10.9. The van der Waals surface area contributed by atoms with Crippen molar-refractivity contribution < 1.29 is 22.7 Å². The Bertz CT molecular complexity index is 339. The molecule has 0 aromatic rings. The number of carbonyl (C=O) groups excluding carboxylic acids is 1. The summed E-state index contributed by atoms with van der Waals surface area (Å²) >= 11 is 0. The van der Waals surface area contributed by atoms with Gasteiger partial charge in [0, 0.05) is 19.6 Å². The monoisotopic (exact) mass is 267 g/mol. The van der Waals surface area contributed by atoms with Crippen LogP contribution >= 0.6 is 0 Å². The van der Waals surface area contributed by atoms with E-state index in [1.807, 2.05) is 0 Å². The average Bonchev–Trinajstić information content (AvgIpc) is 2.27. The van der Waals surface area contributed by atoms with Gasteiger partial charge in [-0.2, -0.15) is 13.1 Å². The SMILES string of the molecule is CCOC(=O)NS(=O)(=O)NCC1CNCCO1. The van der Waals surface area contributed by atoms with E-state index >= 15 is 0 Å². The summed E-state index contributed by atoms with van der Waals surface area (Å²) in [5.41, 5.74) is 0. The highest BCUT2D eigenvalue weighted by Gasteiger charge is 2.19. The first-order valence-electron chi connectivity index (χ1n) is 5.30. The summed E-state index contributed by atoms with van der Waals surface area (Å²) in [5, 5.41) is 3.06. The van der Waals surface area contributed by atoms with E-state index in [0.29, 0.717) is 13.2 Å². The average molecular weight is 267 g/mol. The number of hydrogen-bond acceptors (Lipinski definition) is 6. The van der Waals surface area contributed by atoms with E-state index in [1.165, 1.54) is 0 Å². The van der Waals surface area contributed by atoms with E-state index in [2.05, 4.69) is 14.8 Å². The van der Waals surface area contributed by atoms with Crippen LogP contribution in [0.4, 0.5) is 4.79 Å². The first-order chi connectivity index (χ1) is 8.03. The van der Waals surface area contributed by atoms with Gasteiger partial charge in [0.15, 0.2) is 0 Å². The van der Waals surface area contributed by atoms with Crippen molar-refractivity contribution in [3.8, 4) is 0 Å². The van der Waals surface area contributed by atoms with Crippen LogP contribution in [-0.2, 0) is 19.7 Å². The summed E-state index contributed by atoms with van der Waals surface area (Å²) in [7, 11) is -3.88. The fourth-order valence-electron chi connectivity index (χ4n) is 1.26. The molecular weight excluding hydrogens is 250 g/mol. The minimum atomic E-state index is -3.88. The van der Waals surface area contributed by atoms with Gasteiger partial charge in [-0.3, -0.25) is 0 Å². The van der Waals surface area contributed by atoms with Crippen LogP contribution in [0.5, 0.6) is 0 Å². The molecule has 0 bridgehead atoms. The molecule has 0 aliphatic carbocycles. The Labute approximate surface area is 100 Å². The first-order valence-corrected chi connectivity index (χ1v) is 6.78. The molecular formula is C8H17N3O5S. The predicted molar refractivity (Wildman–Crippen MR) is 59.7 cm³/mol. The fraction of sp³-hybridized carbons (Fsp3) is 0.875. The van der Waals surface area contributed by atoms with E-state index in [9.17, 15) is 13.2 Å². The van der Waals surface area contributed by atoms with Crippen molar-refractivity contribution in [3.63, 3.8) is 0 Å². The van der Waals surface area contributed by atoms with Gasteiger partial charge in [-0.25, -0.2) is 9.52 Å². The third-order valence-corrected chi connectivity index (χ3v) is 2.98. The molecule has 100 valence electrons. The zero-order chi connectivity index (χ0) is 12.7.